The van der Waals surface area contributed by atoms with Gasteiger partial charge < -0.3 is 5.32 Å². The van der Waals surface area contributed by atoms with Gasteiger partial charge in [-0.15, -0.1) is 0 Å². The summed E-state index contributed by atoms with van der Waals surface area (Å²) in [4.78, 5) is 0. The molecule has 0 aliphatic carbocycles. The Morgan fingerprint density at radius 3 is 2.81 bits per heavy atom. The van der Waals surface area contributed by atoms with Crippen LogP contribution in [0.25, 0.3) is 0 Å². The molecule has 0 spiro atoms. The van der Waals surface area contributed by atoms with E-state index < -0.39 is 0 Å². The molecular formula is C14H20BrN. The van der Waals surface area contributed by atoms with Crippen molar-refractivity contribution in [2.75, 3.05) is 6.54 Å². The van der Waals surface area contributed by atoms with Gasteiger partial charge in [0.05, 0.1) is 0 Å². The van der Waals surface area contributed by atoms with Gasteiger partial charge in [-0.25, -0.2) is 0 Å². The first-order chi connectivity index (χ1) is 7.70. The minimum Gasteiger partial charge on any atom is -0.312 e. The van der Waals surface area contributed by atoms with Gasteiger partial charge in [-0.1, -0.05) is 40.5 Å². The lowest BCUT2D eigenvalue weighted by Gasteiger charge is -2.35. The van der Waals surface area contributed by atoms with Crippen molar-refractivity contribution >= 4 is 15.9 Å². The van der Waals surface area contributed by atoms with E-state index in [-0.39, 0.29) is 0 Å². The van der Waals surface area contributed by atoms with Crippen molar-refractivity contribution in [3.63, 3.8) is 0 Å². The van der Waals surface area contributed by atoms with E-state index >= 15 is 0 Å². The number of rotatable bonds is 3. The topological polar surface area (TPSA) is 12.0 Å². The van der Waals surface area contributed by atoms with Crippen LogP contribution in [0.4, 0.5) is 0 Å². The van der Waals surface area contributed by atoms with E-state index in [9.17, 15) is 0 Å². The van der Waals surface area contributed by atoms with Crippen molar-refractivity contribution < 1.29 is 0 Å². The molecule has 1 atom stereocenters. The van der Waals surface area contributed by atoms with Gasteiger partial charge in [0, 0.05) is 10.0 Å². The summed E-state index contributed by atoms with van der Waals surface area (Å²) in [5, 5.41) is 3.67. The molecule has 1 fully saturated rings. The second kappa shape index (κ2) is 5.33. The largest absolute Gasteiger partial charge is 0.312 e. The van der Waals surface area contributed by atoms with Crippen LogP contribution in [0, 0.1) is 0 Å². The van der Waals surface area contributed by atoms with Gasteiger partial charge in [-0.05, 0) is 50.8 Å². The van der Waals surface area contributed by atoms with Crippen LogP contribution in [-0.2, 0) is 6.42 Å². The van der Waals surface area contributed by atoms with Crippen molar-refractivity contribution in [1.82, 2.24) is 5.32 Å². The summed E-state index contributed by atoms with van der Waals surface area (Å²) in [5.41, 5.74) is 1.78. The Bertz CT molecular complexity index is 342. The lowest BCUT2D eigenvalue weighted by molar-refractivity contribution is 0.261. The molecule has 0 amide bonds. The van der Waals surface area contributed by atoms with E-state index in [0.29, 0.717) is 5.54 Å². The molecule has 1 saturated heterocycles. The fourth-order valence-corrected chi connectivity index (χ4v) is 2.93. The molecule has 2 rings (SSSR count). The Balaban J connectivity index is 1.94. The molecule has 1 heterocycles. The molecule has 0 radical (unpaired) electrons. The number of hydrogen-bond donors (Lipinski definition) is 1. The fourth-order valence-electron chi connectivity index (χ4n) is 2.44. The summed E-state index contributed by atoms with van der Waals surface area (Å²) in [7, 11) is 0. The standard InChI is InChI=1S/C14H20BrN/c1-14(9-4-5-11-16-14)10-8-12-6-2-3-7-13(12)15/h2-3,6-7,16H,4-5,8-11H2,1H3. The molecule has 16 heavy (non-hydrogen) atoms. The van der Waals surface area contributed by atoms with Crippen LogP contribution in [0.1, 0.15) is 38.2 Å². The average molecular weight is 282 g/mol. The second-order valence-corrected chi connectivity index (χ2v) is 5.89. The van der Waals surface area contributed by atoms with E-state index in [1.54, 1.807) is 0 Å². The first kappa shape index (κ1) is 12.1. The van der Waals surface area contributed by atoms with E-state index in [4.69, 9.17) is 0 Å². The highest BCUT2D eigenvalue weighted by Crippen LogP contribution is 2.26. The molecule has 1 aliphatic rings. The summed E-state index contributed by atoms with van der Waals surface area (Å²) in [6.07, 6.45) is 6.42. The van der Waals surface area contributed by atoms with Crippen LogP contribution < -0.4 is 5.32 Å². The van der Waals surface area contributed by atoms with Gasteiger partial charge in [-0.2, -0.15) is 0 Å². The first-order valence-electron chi connectivity index (χ1n) is 6.18. The van der Waals surface area contributed by atoms with Crippen molar-refractivity contribution in [2.45, 2.75) is 44.6 Å². The molecule has 1 aliphatic heterocycles. The Morgan fingerprint density at radius 1 is 1.31 bits per heavy atom. The molecule has 2 heteroatoms. The van der Waals surface area contributed by atoms with Gasteiger partial charge in [0.25, 0.3) is 0 Å². The molecule has 0 bridgehead atoms. The number of halogens is 1. The van der Waals surface area contributed by atoms with Gasteiger partial charge >= 0.3 is 0 Å². The molecule has 0 saturated carbocycles. The molecule has 1 aromatic rings. The third-order valence-corrected chi connectivity index (χ3v) is 4.38. The third-order valence-electron chi connectivity index (χ3n) is 3.61. The van der Waals surface area contributed by atoms with Crippen LogP contribution in [0.2, 0.25) is 0 Å². The van der Waals surface area contributed by atoms with Gasteiger partial charge in [0.15, 0.2) is 0 Å². The van der Waals surface area contributed by atoms with E-state index in [0.717, 1.165) is 6.42 Å². The zero-order valence-corrected chi connectivity index (χ0v) is 11.5. The summed E-state index contributed by atoms with van der Waals surface area (Å²) in [6.45, 7) is 3.55. The van der Waals surface area contributed by atoms with Crippen LogP contribution in [0.5, 0.6) is 0 Å². The Hall–Kier alpha value is -0.340. The molecule has 88 valence electrons. The van der Waals surface area contributed by atoms with Gasteiger partial charge in [0.1, 0.15) is 0 Å². The number of nitrogens with one attached hydrogen (secondary N) is 1. The summed E-state index contributed by atoms with van der Waals surface area (Å²) in [5.74, 6) is 0. The monoisotopic (exact) mass is 281 g/mol. The minimum absolute atomic E-state index is 0.355. The Labute approximate surface area is 107 Å². The molecule has 1 aromatic carbocycles. The second-order valence-electron chi connectivity index (χ2n) is 5.04. The summed E-state index contributed by atoms with van der Waals surface area (Å²) < 4.78 is 1.24. The van der Waals surface area contributed by atoms with E-state index in [1.165, 1.54) is 42.3 Å². The van der Waals surface area contributed by atoms with Crippen LogP contribution in [-0.4, -0.2) is 12.1 Å². The minimum atomic E-state index is 0.355. The van der Waals surface area contributed by atoms with E-state index in [1.807, 2.05) is 0 Å². The highest BCUT2D eigenvalue weighted by Gasteiger charge is 2.25. The third kappa shape index (κ3) is 3.08. The number of piperidine rings is 1. The normalized spacial score (nSPS) is 25.6. The van der Waals surface area contributed by atoms with Crippen LogP contribution >= 0.6 is 15.9 Å². The number of aryl methyl sites for hydroxylation is 1. The molecule has 1 unspecified atom stereocenters. The first-order valence-corrected chi connectivity index (χ1v) is 6.97. The smallest absolute Gasteiger partial charge is 0.0207 e. The van der Waals surface area contributed by atoms with Crippen LogP contribution in [0.3, 0.4) is 0 Å². The lowest BCUT2D eigenvalue weighted by atomic mass is 9.85. The molecule has 1 nitrogen and oxygen atoms in total. The predicted molar refractivity (Wildman–Crippen MR) is 72.7 cm³/mol. The van der Waals surface area contributed by atoms with Crippen molar-refractivity contribution in [3.05, 3.63) is 34.3 Å². The molecular weight excluding hydrogens is 262 g/mol. The zero-order chi connectivity index (χ0) is 11.4. The van der Waals surface area contributed by atoms with Crippen LogP contribution in [0.15, 0.2) is 28.7 Å². The average Bonchev–Trinajstić information content (AvgIpc) is 2.29. The van der Waals surface area contributed by atoms with E-state index in [2.05, 4.69) is 52.4 Å². The lowest BCUT2D eigenvalue weighted by Crippen LogP contribution is -2.46. The SMILES string of the molecule is CC1(CCc2ccccc2Br)CCCCN1. The Morgan fingerprint density at radius 2 is 2.12 bits per heavy atom. The maximum atomic E-state index is 3.67. The quantitative estimate of drug-likeness (QED) is 0.886. The molecule has 0 aromatic heterocycles. The van der Waals surface area contributed by atoms with Crippen molar-refractivity contribution in [3.8, 4) is 0 Å². The summed E-state index contributed by atoms with van der Waals surface area (Å²) >= 11 is 3.62. The zero-order valence-electron chi connectivity index (χ0n) is 9.93. The highest BCUT2D eigenvalue weighted by atomic mass is 79.9. The maximum absolute atomic E-state index is 3.67. The number of hydrogen-bond acceptors (Lipinski definition) is 1. The van der Waals surface area contributed by atoms with Gasteiger partial charge in [0.2, 0.25) is 0 Å². The van der Waals surface area contributed by atoms with Gasteiger partial charge in [-0.3, -0.25) is 0 Å². The summed E-state index contributed by atoms with van der Waals surface area (Å²) in [6, 6.07) is 8.55. The predicted octanol–water partition coefficient (Wildman–Crippen LogP) is 3.91. The van der Waals surface area contributed by atoms with Crippen molar-refractivity contribution in [2.24, 2.45) is 0 Å². The van der Waals surface area contributed by atoms with Crippen molar-refractivity contribution in [1.29, 1.82) is 0 Å². The maximum Gasteiger partial charge on any atom is 0.0207 e. The highest BCUT2D eigenvalue weighted by molar-refractivity contribution is 9.10. The number of benzene rings is 1. The fraction of sp³-hybridized carbons (Fsp3) is 0.571. The molecule has 1 N–H and O–H groups in total. The Kier molecular flexibility index (Phi) is 4.04.